The summed E-state index contributed by atoms with van der Waals surface area (Å²) in [5.74, 6) is 0.555. The van der Waals surface area contributed by atoms with Crippen LogP contribution in [0.3, 0.4) is 0 Å². The summed E-state index contributed by atoms with van der Waals surface area (Å²) in [6.07, 6.45) is 12.4. The molecular weight excluding hydrogens is 352 g/mol. The van der Waals surface area contributed by atoms with E-state index in [1.165, 1.54) is 12.8 Å². The van der Waals surface area contributed by atoms with Gasteiger partial charge in [0.15, 0.2) is 0 Å². The number of carbonyl (C=O) groups is 2. The van der Waals surface area contributed by atoms with Gasteiger partial charge in [-0.3, -0.25) is 9.59 Å². The molecule has 28 heavy (non-hydrogen) atoms. The zero-order valence-corrected chi connectivity index (χ0v) is 19.0. The topological polar surface area (TPSA) is 69.6 Å². The number of rotatable bonds is 19. The number of nitrogens with one attached hydrogen (secondary N) is 1. The van der Waals surface area contributed by atoms with Gasteiger partial charge in [-0.1, -0.05) is 51.9 Å². The fraction of sp³-hybridized carbons (Fsp3) is 0.913. The third-order valence-electron chi connectivity index (χ3n) is 5.39. The summed E-state index contributed by atoms with van der Waals surface area (Å²) in [5, 5.41) is 12.9. The standard InChI is InChI=1S/C23H46N2O3/c1-5-6-9-15-22(27)16-12-14-21(20(2)26)13-10-7-8-11-17-23(28)24-18-19-25(3)4/h21-22,27H,5-19H2,1-4H3,(H,24,28). The number of unbranched alkanes of at least 4 members (excludes halogenated alkanes) is 5. The van der Waals surface area contributed by atoms with Gasteiger partial charge in [0.05, 0.1) is 6.10 Å². The molecule has 0 heterocycles. The predicted molar refractivity (Wildman–Crippen MR) is 117 cm³/mol. The fourth-order valence-corrected chi connectivity index (χ4v) is 3.46. The van der Waals surface area contributed by atoms with Crippen LogP contribution >= 0.6 is 0 Å². The number of likely N-dealkylation sites (N-methyl/N-ethyl adjacent to an activating group) is 1. The maximum atomic E-state index is 11.9. The quantitative estimate of drug-likeness (QED) is 0.318. The molecule has 0 aliphatic heterocycles. The minimum atomic E-state index is -0.206. The summed E-state index contributed by atoms with van der Waals surface area (Å²) in [5.41, 5.74) is 0. The SMILES string of the molecule is CCCCCC(O)CCCC(CCCCCCC(=O)NCCN(C)C)C(C)=O. The minimum absolute atomic E-state index is 0.136. The van der Waals surface area contributed by atoms with Gasteiger partial charge in [-0.15, -0.1) is 0 Å². The van der Waals surface area contributed by atoms with Crippen LogP contribution in [-0.2, 0) is 9.59 Å². The number of aliphatic hydroxyl groups is 1. The van der Waals surface area contributed by atoms with Gasteiger partial charge in [-0.05, 0) is 53.1 Å². The summed E-state index contributed by atoms with van der Waals surface area (Å²) in [6.45, 7) is 5.44. The molecule has 0 radical (unpaired) electrons. The summed E-state index contributed by atoms with van der Waals surface area (Å²) in [7, 11) is 3.99. The van der Waals surface area contributed by atoms with Gasteiger partial charge in [0.25, 0.3) is 0 Å². The molecule has 0 fully saturated rings. The van der Waals surface area contributed by atoms with E-state index in [1.54, 1.807) is 6.92 Å². The van der Waals surface area contributed by atoms with Crippen molar-refractivity contribution in [2.24, 2.45) is 5.92 Å². The molecule has 0 aromatic carbocycles. The van der Waals surface area contributed by atoms with Crippen molar-refractivity contribution < 1.29 is 14.7 Å². The Morgan fingerprint density at radius 2 is 1.50 bits per heavy atom. The van der Waals surface area contributed by atoms with Gasteiger partial charge in [0.2, 0.25) is 5.91 Å². The number of amides is 1. The van der Waals surface area contributed by atoms with Gasteiger partial charge in [-0.2, -0.15) is 0 Å². The third kappa shape index (κ3) is 17.2. The molecule has 166 valence electrons. The zero-order valence-electron chi connectivity index (χ0n) is 19.0. The van der Waals surface area contributed by atoms with Crippen LogP contribution < -0.4 is 5.32 Å². The summed E-state index contributed by atoms with van der Waals surface area (Å²) < 4.78 is 0. The number of aliphatic hydroxyl groups excluding tert-OH is 1. The van der Waals surface area contributed by atoms with Crippen molar-refractivity contribution in [3.05, 3.63) is 0 Å². The maximum Gasteiger partial charge on any atom is 0.220 e. The first-order valence-corrected chi connectivity index (χ1v) is 11.5. The predicted octanol–water partition coefficient (Wildman–Crippen LogP) is 4.32. The molecule has 0 spiro atoms. The highest BCUT2D eigenvalue weighted by Crippen LogP contribution is 2.20. The van der Waals surface area contributed by atoms with Crippen molar-refractivity contribution in [2.75, 3.05) is 27.2 Å². The van der Waals surface area contributed by atoms with Crippen LogP contribution in [0.4, 0.5) is 0 Å². The molecular formula is C23H46N2O3. The van der Waals surface area contributed by atoms with E-state index in [4.69, 9.17) is 0 Å². The molecule has 0 aromatic heterocycles. The average Bonchev–Trinajstić information content (AvgIpc) is 2.62. The number of Topliss-reactive ketones (excluding diaryl/α,β-unsaturated/α-hetero) is 1. The van der Waals surface area contributed by atoms with Crippen LogP contribution in [0.25, 0.3) is 0 Å². The summed E-state index contributed by atoms with van der Waals surface area (Å²) >= 11 is 0. The highest BCUT2D eigenvalue weighted by molar-refractivity contribution is 5.78. The van der Waals surface area contributed by atoms with Crippen LogP contribution in [0, 0.1) is 5.92 Å². The smallest absolute Gasteiger partial charge is 0.220 e. The van der Waals surface area contributed by atoms with Crippen LogP contribution in [0.5, 0.6) is 0 Å². The Labute approximate surface area is 173 Å². The van der Waals surface area contributed by atoms with Crippen molar-refractivity contribution in [2.45, 2.75) is 103 Å². The second-order valence-corrected chi connectivity index (χ2v) is 8.49. The molecule has 0 aliphatic rings. The van der Waals surface area contributed by atoms with Gasteiger partial charge in [0.1, 0.15) is 5.78 Å². The molecule has 2 N–H and O–H groups in total. The van der Waals surface area contributed by atoms with Crippen LogP contribution in [0.15, 0.2) is 0 Å². The van der Waals surface area contributed by atoms with E-state index in [0.29, 0.717) is 13.0 Å². The molecule has 5 heteroatoms. The summed E-state index contributed by atoms with van der Waals surface area (Å²) in [6, 6.07) is 0. The van der Waals surface area contributed by atoms with Crippen molar-refractivity contribution in [1.29, 1.82) is 0 Å². The molecule has 1 amide bonds. The van der Waals surface area contributed by atoms with Gasteiger partial charge >= 0.3 is 0 Å². The lowest BCUT2D eigenvalue weighted by molar-refractivity contribution is -0.121. The lowest BCUT2D eigenvalue weighted by Crippen LogP contribution is -2.31. The lowest BCUT2D eigenvalue weighted by Gasteiger charge is -2.15. The van der Waals surface area contributed by atoms with Crippen LogP contribution in [-0.4, -0.2) is 55.0 Å². The zero-order chi connectivity index (χ0) is 21.2. The molecule has 0 bridgehead atoms. The van der Waals surface area contributed by atoms with Crippen molar-refractivity contribution >= 4 is 11.7 Å². The number of ketones is 1. The largest absolute Gasteiger partial charge is 0.393 e. The Hall–Kier alpha value is -0.940. The number of hydrogen-bond donors (Lipinski definition) is 2. The molecule has 2 unspecified atom stereocenters. The number of nitrogens with zero attached hydrogens (tertiary/aromatic N) is 1. The van der Waals surface area contributed by atoms with E-state index in [1.807, 2.05) is 14.1 Å². The van der Waals surface area contributed by atoms with Gasteiger partial charge < -0.3 is 15.3 Å². The first-order valence-electron chi connectivity index (χ1n) is 11.5. The van der Waals surface area contributed by atoms with Crippen molar-refractivity contribution in [3.63, 3.8) is 0 Å². The highest BCUT2D eigenvalue weighted by atomic mass is 16.3. The maximum absolute atomic E-state index is 11.9. The molecule has 5 nitrogen and oxygen atoms in total. The Bertz CT molecular complexity index is 399. The Morgan fingerprint density at radius 1 is 0.893 bits per heavy atom. The molecule has 0 rings (SSSR count). The lowest BCUT2D eigenvalue weighted by atomic mass is 9.91. The molecule has 0 aliphatic carbocycles. The second-order valence-electron chi connectivity index (χ2n) is 8.49. The first-order chi connectivity index (χ1) is 13.4. The minimum Gasteiger partial charge on any atom is -0.393 e. The summed E-state index contributed by atoms with van der Waals surface area (Å²) in [4.78, 5) is 25.6. The Kier molecular flexibility index (Phi) is 17.5. The molecule has 0 saturated heterocycles. The van der Waals surface area contributed by atoms with E-state index in [-0.39, 0.29) is 23.7 Å². The molecule has 2 atom stereocenters. The third-order valence-corrected chi connectivity index (χ3v) is 5.39. The van der Waals surface area contributed by atoms with Crippen molar-refractivity contribution in [3.8, 4) is 0 Å². The van der Waals surface area contributed by atoms with Crippen molar-refractivity contribution in [1.82, 2.24) is 10.2 Å². The normalized spacial score (nSPS) is 13.5. The van der Waals surface area contributed by atoms with E-state index in [2.05, 4.69) is 17.1 Å². The first kappa shape index (κ1) is 27.1. The van der Waals surface area contributed by atoms with E-state index >= 15 is 0 Å². The van der Waals surface area contributed by atoms with Gasteiger partial charge in [-0.25, -0.2) is 0 Å². The monoisotopic (exact) mass is 398 g/mol. The van der Waals surface area contributed by atoms with Crippen LogP contribution in [0.1, 0.15) is 97.3 Å². The number of hydrogen-bond acceptors (Lipinski definition) is 4. The number of carbonyl (C=O) groups excluding carboxylic acids is 2. The molecule has 0 saturated carbocycles. The van der Waals surface area contributed by atoms with E-state index in [0.717, 1.165) is 70.8 Å². The Morgan fingerprint density at radius 3 is 2.14 bits per heavy atom. The highest BCUT2D eigenvalue weighted by Gasteiger charge is 2.14. The fourth-order valence-electron chi connectivity index (χ4n) is 3.46. The van der Waals surface area contributed by atoms with E-state index < -0.39 is 0 Å². The molecule has 0 aromatic rings. The van der Waals surface area contributed by atoms with Crippen LogP contribution in [0.2, 0.25) is 0 Å². The average molecular weight is 399 g/mol. The van der Waals surface area contributed by atoms with Gasteiger partial charge in [0, 0.05) is 25.4 Å². The second kappa shape index (κ2) is 18.1. The van der Waals surface area contributed by atoms with E-state index in [9.17, 15) is 14.7 Å². The Balaban J connectivity index is 3.73.